The van der Waals surface area contributed by atoms with Crippen molar-refractivity contribution in [2.75, 3.05) is 52.8 Å². The van der Waals surface area contributed by atoms with Crippen LogP contribution in [0.25, 0.3) is 0 Å². The van der Waals surface area contributed by atoms with Crippen LogP contribution in [0, 0.1) is 0 Å². The summed E-state index contributed by atoms with van der Waals surface area (Å²) in [6.07, 6.45) is 4.98. The van der Waals surface area contributed by atoms with Crippen molar-refractivity contribution >= 4 is 11.7 Å². The number of ether oxygens (including phenoxy) is 2. The summed E-state index contributed by atoms with van der Waals surface area (Å²) in [6, 6.07) is 4.06. The highest BCUT2D eigenvalue weighted by molar-refractivity contribution is 5.91. The van der Waals surface area contributed by atoms with Crippen molar-refractivity contribution in [1.82, 2.24) is 20.2 Å². The van der Waals surface area contributed by atoms with Crippen molar-refractivity contribution in [1.29, 1.82) is 0 Å². The topological polar surface area (TPSA) is 79.8 Å². The van der Waals surface area contributed by atoms with Gasteiger partial charge in [-0.15, -0.1) is 0 Å². The fourth-order valence-corrected chi connectivity index (χ4v) is 3.37. The maximum Gasteiger partial charge on any atom is 0.271 e. The van der Waals surface area contributed by atoms with Gasteiger partial charge in [0.25, 0.3) is 5.91 Å². The highest BCUT2D eigenvalue weighted by Gasteiger charge is 2.21. The number of carbonyl (C=O) groups excluding carboxylic acids is 1. The monoisotopic (exact) mass is 399 g/mol. The van der Waals surface area contributed by atoms with Gasteiger partial charge in [-0.2, -0.15) is 0 Å². The van der Waals surface area contributed by atoms with Crippen LogP contribution in [0.5, 0.6) is 11.5 Å². The largest absolute Gasteiger partial charge is 0.493 e. The molecule has 3 rings (SSSR count). The van der Waals surface area contributed by atoms with E-state index in [1.54, 1.807) is 26.6 Å². The first-order valence-electron chi connectivity index (χ1n) is 9.75. The fraction of sp³-hybridized carbons (Fsp3) is 0.476. The Kier molecular flexibility index (Phi) is 6.87. The Hall–Kier alpha value is -2.87. The lowest BCUT2D eigenvalue weighted by Gasteiger charge is -2.30. The minimum absolute atomic E-state index is 0.191. The first-order valence-corrected chi connectivity index (χ1v) is 9.75. The first kappa shape index (κ1) is 20.9. The molecule has 1 aromatic carbocycles. The summed E-state index contributed by atoms with van der Waals surface area (Å²) in [7, 11) is 7.31. The number of nitrogens with one attached hydrogen (secondary N) is 1. The van der Waals surface area contributed by atoms with Gasteiger partial charge in [0, 0.05) is 19.6 Å². The number of amides is 1. The third-order valence-corrected chi connectivity index (χ3v) is 4.98. The minimum atomic E-state index is -0.191. The normalized spacial score (nSPS) is 13.2. The highest BCUT2D eigenvalue weighted by atomic mass is 16.5. The molecule has 2 aromatic rings. The summed E-state index contributed by atoms with van der Waals surface area (Å²) in [5.74, 6) is 2.04. The molecule has 8 heteroatoms. The van der Waals surface area contributed by atoms with Crippen LogP contribution in [0.3, 0.4) is 0 Å². The van der Waals surface area contributed by atoms with Crippen LogP contribution in [-0.4, -0.2) is 68.7 Å². The standard InChI is InChI=1S/C21H29N5O3/c1-25(2)8-5-7-22-21(27)17-12-24-20(13-23-17)26-9-6-15-10-18(28-3)19(29-4)11-16(15)14-26/h10-13H,5-9,14H2,1-4H3,(H,22,27). The summed E-state index contributed by atoms with van der Waals surface area (Å²) < 4.78 is 10.8. The van der Waals surface area contributed by atoms with Crippen molar-refractivity contribution in [3.05, 3.63) is 41.3 Å². The van der Waals surface area contributed by atoms with E-state index >= 15 is 0 Å². The van der Waals surface area contributed by atoms with Gasteiger partial charge in [0.2, 0.25) is 0 Å². The zero-order valence-corrected chi connectivity index (χ0v) is 17.6. The van der Waals surface area contributed by atoms with Gasteiger partial charge in [-0.1, -0.05) is 0 Å². The van der Waals surface area contributed by atoms with Crippen LogP contribution in [0.4, 0.5) is 5.82 Å². The Morgan fingerprint density at radius 3 is 2.48 bits per heavy atom. The summed E-state index contributed by atoms with van der Waals surface area (Å²) in [4.78, 5) is 25.2. The molecule has 1 aliphatic heterocycles. The van der Waals surface area contributed by atoms with E-state index in [1.807, 2.05) is 26.2 Å². The summed E-state index contributed by atoms with van der Waals surface area (Å²) >= 11 is 0. The number of methoxy groups -OCH3 is 2. The molecule has 0 aliphatic carbocycles. The average molecular weight is 399 g/mol. The molecule has 0 unspecified atom stereocenters. The summed E-state index contributed by atoms with van der Waals surface area (Å²) in [6.45, 7) is 3.08. The molecular weight excluding hydrogens is 370 g/mol. The third-order valence-electron chi connectivity index (χ3n) is 4.98. The van der Waals surface area contributed by atoms with Crippen molar-refractivity contribution in [3.8, 4) is 11.5 Å². The van der Waals surface area contributed by atoms with Crippen molar-refractivity contribution in [2.24, 2.45) is 0 Å². The second-order valence-corrected chi connectivity index (χ2v) is 7.32. The van der Waals surface area contributed by atoms with Gasteiger partial charge in [-0.3, -0.25) is 4.79 Å². The number of aromatic nitrogens is 2. The van der Waals surface area contributed by atoms with Crippen LogP contribution in [0.15, 0.2) is 24.5 Å². The molecule has 0 spiro atoms. The molecule has 0 atom stereocenters. The zero-order chi connectivity index (χ0) is 20.8. The van der Waals surface area contributed by atoms with Crippen LogP contribution in [0.1, 0.15) is 28.0 Å². The van der Waals surface area contributed by atoms with Gasteiger partial charge >= 0.3 is 0 Å². The fourth-order valence-electron chi connectivity index (χ4n) is 3.37. The SMILES string of the molecule is COc1cc2c(cc1OC)CN(c1cnc(C(=O)NCCCN(C)C)cn1)CC2. The number of benzene rings is 1. The van der Waals surface area contributed by atoms with Gasteiger partial charge in [0.1, 0.15) is 11.5 Å². The molecule has 0 fully saturated rings. The molecule has 1 aliphatic rings. The summed E-state index contributed by atoms with van der Waals surface area (Å²) in [5.41, 5.74) is 2.77. The van der Waals surface area contributed by atoms with Gasteiger partial charge in [0.05, 0.1) is 26.6 Å². The van der Waals surface area contributed by atoms with E-state index < -0.39 is 0 Å². The van der Waals surface area contributed by atoms with Gasteiger partial charge in [0.15, 0.2) is 11.5 Å². The molecule has 0 saturated heterocycles. The maximum atomic E-state index is 12.2. The number of hydrogen-bond donors (Lipinski definition) is 1. The van der Waals surface area contributed by atoms with Crippen LogP contribution < -0.4 is 19.7 Å². The van der Waals surface area contributed by atoms with E-state index in [2.05, 4.69) is 25.1 Å². The molecule has 156 valence electrons. The second-order valence-electron chi connectivity index (χ2n) is 7.32. The van der Waals surface area contributed by atoms with E-state index in [0.717, 1.165) is 43.2 Å². The van der Waals surface area contributed by atoms with Crippen LogP contribution in [0.2, 0.25) is 0 Å². The minimum Gasteiger partial charge on any atom is -0.493 e. The van der Waals surface area contributed by atoms with Crippen LogP contribution in [-0.2, 0) is 13.0 Å². The molecular formula is C21H29N5O3. The van der Waals surface area contributed by atoms with E-state index in [0.29, 0.717) is 18.8 Å². The van der Waals surface area contributed by atoms with Gasteiger partial charge < -0.3 is 24.6 Å². The molecule has 1 amide bonds. The molecule has 0 bridgehead atoms. The van der Waals surface area contributed by atoms with Crippen molar-refractivity contribution in [2.45, 2.75) is 19.4 Å². The Labute approximate surface area is 171 Å². The van der Waals surface area contributed by atoms with Crippen LogP contribution >= 0.6 is 0 Å². The molecule has 0 saturated carbocycles. The lowest BCUT2D eigenvalue weighted by molar-refractivity contribution is 0.0947. The quantitative estimate of drug-likeness (QED) is 0.677. The molecule has 8 nitrogen and oxygen atoms in total. The third kappa shape index (κ3) is 5.14. The Morgan fingerprint density at radius 1 is 1.14 bits per heavy atom. The molecule has 29 heavy (non-hydrogen) atoms. The number of nitrogens with zero attached hydrogens (tertiary/aromatic N) is 4. The molecule has 1 N–H and O–H groups in total. The van der Waals surface area contributed by atoms with Crippen molar-refractivity contribution in [3.63, 3.8) is 0 Å². The Bertz CT molecular complexity index is 839. The maximum absolute atomic E-state index is 12.2. The van der Waals surface area contributed by atoms with Gasteiger partial charge in [-0.25, -0.2) is 9.97 Å². The molecule has 1 aromatic heterocycles. The number of carbonyl (C=O) groups is 1. The van der Waals surface area contributed by atoms with E-state index in [4.69, 9.17) is 9.47 Å². The number of rotatable bonds is 8. The van der Waals surface area contributed by atoms with Gasteiger partial charge in [-0.05, 0) is 56.7 Å². The Morgan fingerprint density at radius 2 is 1.86 bits per heavy atom. The summed E-state index contributed by atoms with van der Waals surface area (Å²) in [5, 5.41) is 2.88. The second kappa shape index (κ2) is 9.56. The van der Waals surface area contributed by atoms with E-state index in [1.165, 1.54) is 11.1 Å². The molecule has 0 radical (unpaired) electrons. The molecule has 2 heterocycles. The lowest BCUT2D eigenvalue weighted by atomic mass is 9.99. The van der Waals surface area contributed by atoms with E-state index in [-0.39, 0.29) is 5.91 Å². The Balaban J connectivity index is 1.63. The predicted octanol–water partition coefficient (Wildman–Crippen LogP) is 1.74. The number of anilines is 1. The highest BCUT2D eigenvalue weighted by Crippen LogP contribution is 2.34. The van der Waals surface area contributed by atoms with E-state index in [9.17, 15) is 4.79 Å². The van der Waals surface area contributed by atoms with Crippen molar-refractivity contribution < 1.29 is 14.3 Å². The first-order chi connectivity index (χ1) is 14.0. The number of hydrogen-bond acceptors (Lipinski definition) is 7. The number of fused-ring (bicyclic) bond motifs is 1. The average Bonchev–Trinajstić information content (AvgIpc) is 2.75. The lowest BCUT2D eigenvalue weighted by Crippen LogP contribution is -2.32. The zero-order valence-electron chi connectivity index (χ0n) is 17.6. The smallest absolute Gasteiger partial charge is 0.271 e. The predicted molar refractivity (Wildman–Crippen MR) is 112 cm³/mol.